The Morgan fingerprint density at radius 3 is 2.24 bits per heavy atom. The van der Waals surface area contributed by atoms with Gasteiger partial charge in [-0.1, -0.05) is 74.5 Å². The van der Waals surface area contributed by atoms with Crippen LogP contribution in [-0.4, -0.2) is 126 Å². The average Bonchev–Trinajstić information content (AvgIpc) is 3.65. The Labute approximate surface area is 430 Å². The maximum absolute atomic E-state index is 15.0. The Morgan fingerprint density at radius 2 is 1.58 bits per heavy atom. The first-order valence-corrected chi connectivity index (χ1v) is 24.9. The molecule has 5 aromatic rings. The summed E-state index contributed by atoms with van der Waals surface area (Å²) >= 11 is 0. The lowest BCUT2D eigenvalue weighted by Crippen LogP contribution is -2.60. The normalized spacial score (nSPS) is 16.4. The van der Waals surface area contributed by atoms with Gasteiger partial charge in [-0.15, -0.1) is 0 Å². The number of rotatable bonds is 16. The van der Waals surface area contributed by atoms with Crippen molar-refractivity contribution in [1.29, 1.82) is 0 Å². The van der Waals surface area contributed by atoms with Gasteiger partial charge in [0.1, 0.15) is 30.8 Å². The van der Waals surface area contributed by atoms with Crippen LogP contribution in [0.2, 0.25) is 0 Å². The number of aromatic nitrogens is 2. The number of nitrogens with one attached hydrogen (secondary N) is 2. The minimum absolute atomic E-state index is 0.0223. The van der Waals surface area contributed by atoms with E-state index in [-0.39, 0.29) is 38.3 Å². The monoisotopic (exact) mass is 1030 g/mol. The maximum atomic E-state index is 15.0. The van der Waals surface area contributed by atoms with E-state index < -0.39 is 66.0 Å². The molecule has 3 atom stereocenters. The number of esters is 1. The summed E-state index contributed by atoms with van der Waals surface area (Å²) in [5.41, 5.74) is 6.86. The number of hydrazine groups is 1. The average molecular weight is 1030 g/mol. The van der Waals surface area contributed by atoms with Gasteiger partial charge < -0.3 is 43.7 Å². The highest BCUT2D eigenvalue weighted by atomic mass is 19.4. The van der Waals surface area contributed by atoms with E-state index in [1.54, 1.807) is 57.0 Å². The lowest BCUT2D eigenvalue weighted by atomic mass is 9.84. The molecule has 3 aromatic carbocycles. The molecule has 19 heteroatoms. The van der Waals surface area contributed by atoms with Gasteiger partial charge in [-0.3, -0.25) is 19.6 Å². The number of carbonyl (C=O) groups excluding carboxylic acids is 4. The van der Waals surface area contributed by atoms with Gasteiger partial charge in [-0.05, 0) is 98.4 Å². The molecule has 0 bridgehead atoms. The number of piperazine rings is 1. The molecule has 3 amide bonds. The zero-order valence-electron chi connectivity index (χ0n) is 43.4. The summed E-state index contributed by atoms with van der Waals surface area (Å²) in [7, 11) is 2.78. The van der Waals surface area contributed by atoms with Crippen molar-refractivity contribution >= 4 is 40.7 Å². The van der Waals surface area contributed by atoms with Crippen LogP contribution in [0.15, 0.2) is 85.1 Å². The Morgan fingerprint density at radius 1 is 0.878 bits per heavy atom. The molecule has 2 aliphatic heterocycles. The fourth-order valence-corrected chi connectivity index (χ4v) is 9.40. The van der Waals surface area contributed by atoms with Crippen molar-refractivity contribution < 1.29 is 56.4 Å². The van der Waals surface area contributed by atoms with Gasteiger partial charge in [0.2, 0.25) is 0 Å². The molecule has 2 aromatic heterocycles. The predicted octanol–water partition coefficient (Wildman–Crippen LogP) is 8.76. The molecule has 2 saturated heterocycles. The molecule has 398 valence electrons. The number of hydrogen-bond donors (Lipinski definition) is 3. The van der Waals surface area contributed by atoms with Crippen LogP contribution in [-0.2, 0) is 54.5 Å². The number of fused-ring (bicyclic) bond motifs is 1. The number of hydrogen-bond acceptors (Lipinski definition) is 12. The summed E-state index contributed by atoms with van der Waals surface area (Å²) in [4.78, 5) is 61.5. The van der Waals surface area contributed by atoms with Crippen molar-refractivity contribution in [3.05, 3.63) is 107 Å². The number of aliphatic hydroxyl groups is 1. The van der Waals surface area contributed by atoms with Gasteiger partial charge in [0, 0.05) is 69.3 Å². The summed E-state index contributed by atoms with van der Waals surface area (Å²) in [5.74, 6) is -1.01. The van der Waals surface area contributed by atoms with E-state index in [2.05, 4.69) is 10.7 Å². The van der Waals surface area contributed by atoms with Gasteiger partial charge >= 0.3 is 24.3 Å². The van der Waals surface area contributed by atoms with Crippen molar-refractivity contribution in [1.82, 2.24) is 30.2 Å². The van der Waals surface area contributed by atoms with Crippen LogP contribution >= 0.6 is 0 Å². The third-order valence-corrected chi connectivity index (χ3v) is 13.2. The minimum atomic E-state index is -4.65. The maximum Gasteiger partial charge on any atom is 0.410 e. The van der Waals surface area contributed by atoms with Crippen molar-refractivity contribution in [2.24, 2.45) is 5.41 Å². The second-order valence-electron chi connectivity index (χ2n) is 20.7. The summed E-state index contributed by atoms with van der Waals surface area (Å²) in [5, 5.41) is 15.3. The number of alkyl carbamates (subject to hydrolysis) is 1. The highest BCUT2D eigenvalue weighted by Crippen LogP contribution is 2.44. The Balaban J connectivity index is 1.27. The van der Waals surface area contributed by atoms with Gasteiger partial charge in [0.05, 0.1) is 36.5 Å². The van der Waals surface area contributed by atoms with Crippen LogP contribution in [0.1, 0.15) is 82.9 Å². The number of carbonyl (C=O) groups is 4. The number of ether oxygens (including phenoxy) is 4. The van der Waals surface area contributed by atoms with E-state index in [1.165, 1.54) is 23.8 Å². The molecule has 0 spiro atoms. The predicted molar refractivity (Wildman–Crippen MR) is 274 cm³/mol. The molecule has 2 aliphatic rings. The molecular weight excluding hydrogens is 960 g/mol. The topological polar surface area (TPSA) is 177 Å². The van der Waals surface area contributed by atoms with Crippen LogP contribution in [0.25, 0.3) is 33.3 Å². The molecule has 0 saturated carbocycles. The Kier molecular flexibility index (Phi) is 17.3. The molecule has 2 fully saturated rings. The zero-order chi connectivity index (χ0) is 53.5. The number of alkyl halides is 3. The molecule has 7 rings (SSSR count). The van der Waals surface area contributed by atoms with E-state index in [0.717, 1.165) is 5.56 Å². The first-order valence-electron chi connectivity index (χ1n) is 24.9. The summed E-state index contributed by atoms with van der Waals surface area (Å²) in [6.45, 7) is 11.0. The summed E-state index contributed by atoms with van der Waals surface area (Å²) < 4.78 is 68.1. The van der Waals surface area contributed by atoms with Gasteiger partial charge in [0.15, 0.2) is 0 Å². The van der Waals surface area contributed by atoms with E-state index in [9.17, 15) is 37.5 Å². The standard InChI is InChI=1S/C55H68F3N7O9/c1-35(71-7)47-42(29-40(31-59-47)62-22-24-63(25-23-62)52(70)73-32-36-14-10-9-11-15-36)48-43(30-54(5,6)34-66)41-28-39(19-20-46(41)64(48)33-55(56,57)58)38-17-12-16-37(26-38)27-45(60-51(69)74-53(2,3)4)49(67)65-21-13-18-44(61-65)50(68)72-8/h9-12,14-17,19-20,26,28-29,31,35,44-45,61,66H,13,18,21-25,27,30,32-34H2,1-8H3,(H,60,69)/t35-,44-,45-/m0/s1. The first kappa shape index (κ1) is 55.1. The van der Waals surface area contributed by atoms with Crippen LogP contribution in [0, 0.1) is 5.41 Å². The molecule has 0 radical (unpaired) electrons. The number of halogens is 3. The van der Waals surface area contributed by atoms with Crippen LogP contribution in [0.4, 0.5) is 28.4 Å². The van der Waals surface area contributed by atoms with E-state index in [4.69, 9.17) is 23.9 Å². The molecular formula is C55H68F3N7O9. The lowest BCUT2D eigenvalue weighted by molar-refractivity contribution is -0.150. The molecule has 0 aliphatic carbocycles. The molecule has 74 heavy (non-hydrogen) atoms. The second-order valence-corrected chi connectivity index (χ2v) is 20.7. The third kappa shape index (κ3) is 13.7. The van der Waals surface area contributed by atoms with Crippen LogP contribution in [0.3, 0.4) is 0 Å². The number of anilines is 1. The van der Waals surface area contributed by atoms with Crippen molar-refractivity contribution in [3.8, 4) is 22.4 Å². The highest BCUT2D eigenvalue weighted by molar-refractivity contribution is 5.96. The van der Waals surface area contributed by atoms with Crippen molar-refractivity contribution in [2.45, 2.75) is 110 Å². The summed E-state index contributed by atoms with van der Waals surface area (Å²) in [6.07, 6.45) is -3.67. The highest BCUT2D eigenvalue weighted by Gasteiger charge is 2.37. The number of aliphatic hydroxyl groups excluding tert-OH is 1. The zero-order valence-corrected chi connectivity index (χ0v) is 43.4. The number of nitrogens with zero attached hydrogens (tertiary/aromatic N) is 5. The van der Waals surface area contributed by atoms with Crippen LogP contribution in [0.5, 0.6) is 0 Å². The molecule has 4 heterocycles. The van der Waals surface area contributed by atoms with E-state index >= 15 is 0 Å². The van der Waals surface area contributed by atoms with Gasteiger partial charge in [-0.25, -0.2) is 15.0 Å². The largest absolute Gasteiger partial charge is 0.468 e. The van der Waals surface area contributed by atoms with E-state index in [1.807, 2.05) is 79.4 Å². The smallest absolute Gasteiger partial charge is 0.410 e. The number of benzene rings is 3. The van der Waals surface area contributed by atoms with E-state index in [0.29, 0.717) is 89.1 Å². The SMILES string of the molecule is COC(=O)[C@@H]1CCCN(C(=O)[C@H](Cc2cccc(-c3ccc4c(c3)c(CC(C)(C)CO)c(-c3cc(N5CCN(C(=O)OCc6ccccc6)CC5)cnc3[C@H](C)OC)n4CC(F)(F)F)c2)NC(=O)OC(C)(C)C)N1. The lowest BCUT2D eigenvalue weighted by Gasteiger charge is -2.35. The second kappa shape index (κ2) is 23.2. The Hall–Kier alpha value is -6.70. The third-order valence-electron chi connectivity index (χ3n) is 13.2. The van der Waals surface area contributed by atoms with Crippen molar-refractivity contribution in [2.75, 3.05) is 58.5 Å². The fraction of sp³-hybridized carbons (Fsp3) is 0.473. The number of methoxy groups -OCH3 is 2. The summed E-state index contributed by atoms with van der Waals surface area (Å²) in [6, 6.07) is 22.0. The quantitative estimate of drug-likeness (QED) is 0.0634. The Bertz CT molecular complexity index is 2790. The van der Waals surface area contributed by atoms with Gasteiger partial charge in [-0.2, -0.15) is 13.2 Å². The molecule has 0 unspecified atom stereocenters. The molecule has 3 N–H and O–H groups in total. The van der Waals surface area contributed by atoms with Gasteiger partial charge in [0.25, 0.3) is 5.91 Å². The number of amides is 3. The first-order chi connectivity index (χ1) is 35.1. The van der Waals surface area contributed by atoms with Crippen LogP contribution < -0.4 is 15.6 Å². The van der Waals surface area contributed by atoms with Crippen molar-refractivity contribution in [3.63, 3.8) is 0 Å². The molecule has 16 nitrogen and oxygen atoms in total. The fourth-order valence-electron chi connectivity index (χ4n) is 9.40. The number of pyridine rings is 1. The minimum Gasteiger partial charge on any atom is -0.468 e.